The molecule has 2 heterocycles. The Morgan fingerprint density at radius 1 is 1.35 bits per heavy atom. The van der Waals surface area contributed by atoms with Gasteiger partial charge in [-0.1, -0.05) is 12.1 Å². The Hall–Kier alpha value is -3.36. The maximum Gasteiger partial charge on any atom is 0.406 e. The van der Waals surface area contributed by atoms with Gasteiger partial charge in [0.25, 0.3) is 5.91 Å². The van der Waals surface area contributed by atoms with Crippen LogP contribution >= 0.6 is 0 Å². The number of aromatic nitrogens is 1. The summed E-state index contributed by atoms with van der Waals surface area (Å²) in [5.74, 6) is 0.385. The molecule has 0 saturated heterocycles. The molecule has 2 aromatic rings. The van der Waals surface area contributed by atoms with E-state index in [1.54, 1.807) is 25.1 Å². The molecule has 1 aliphatic heterocycles. The zero-order chi connectivity index (χ0) is 18.5. The third-order valence-corrected chi connectivity index (χ3v) is 3.60. The lowest BCUT2D eigenvalue weighted by Crippen LogP contribution is -2.42. The third kappa shape index (κ3) is 4.18. The van der Waals surface area contributed by atoms with Crippen LogP contribution in [0.25, 0.3) is 0 Å². The summed E-state index contributed by atoms with van der Waals surface area (Å²) < 4.78 is 16.5. The average Bonchev–Trinajstić information content (AvgIpc) is 2.65. The molecule has 0 fully saturated rings. The second kappa shape index (κ2) is 7.68. The number of fused-ring (bicyclic) bond motifs is 1. The smallest absolute Gasteiger partial charge is 0.406 e. The molecule has 0 radical (unpaired) electrons. The lowest BCUT2D eigenvalue weighted by atomic mass is 10.2. The molecular weight excluding hydrogens is 342 g/mol. The highest BCUT2D eigenvalue weighted by Crippen LogP contribution is 2.30. The SMILES string of the molecule is Cc1ccc(OCC(=O)NCC2COc3ccccc3O2)c([N+](=O)[O-])n1. The van der Waals surface area contributed by atoms with E-state index in [0.717, 1.165) is 0 Å². The molecule has 9 heteroatoms. The van der Waals surface area contributed by atoms with Crippen molar-refractivity contribution in [2.75, 3.05) is 19.8 Å². The quantitative estimate of drug-likeness (QED) is 0.616. The zero-order valence-corrected chi connectivity index (χ0v) is 14.0. The largest absolute Gasteiger partial charge is 0.486 e. The number of benzene rings is 1. The topological polar surface area (TPSA) is 113 Å². The van der Waals surface area contributed by atoms with E-state index in [1.807, 2.05) is 12.1 Å². The van der Waals surface area contributed by atoms with Gasteiger partial charge in [-0.2, -0.15) is 0 Å². The van der Waals surface area contributed by atoms with E-state index in [1.165, 1.54) is 6.07 Å². The third-order valence-electron chi connectivity index (χ3n) is 3.60. The number of pyridine rings is 1. The van der Waals surface area contributed by atoms with Crippen LogP contribution in [0.1, 0.15) is 5.69 Å². The molecule has 136 valence electrons. The summed E-state index contributed by atoms with van der Waals surface area (Å²) in [6.45, 7) is 1.81. The fourth-order valence-electron chi connectivity index (χ4n) is 2.36. The van der Waals surface area contributed by atoms with E-state index in [4.69, 9.17) is 14.2 Å². The summed E-state index contributed by atoms with van der Waals surface area (Å²) in [5, 5.41) is 13.6. The summed E-state index contributed by atoms with van der Waals surface area (Å²) >= 11 is 0. The van der Waals surface area contributed by atoms with Gasteiger partial charge < -0.3 is 29.6 Å². The summed E-state index contributed by atoms with van der Waals surface area (Å²) in [6, 6.07) is 10.3. The second-order valence-electron chi connectivity index (χ2n) is 5.62. The average molecular weight is 359 g/mol. The minimum absolute atomic E-state index is 0.0538. The number of nitro groups is 1. The van der Waals surface area contributed by atoms with Crippen LogP contribution in [-0.2, 0) is 4.79 Å². The van der Waals surface area contributed by atoms with Crippen LogP contribution in [0.4, 0.5) is 5.82 Å². The molecule has 1 atom stereocenters. The van der Waals surface area contributed by atoms with Gasteiger partial charge in [-0.05, 0) is 34.2 Å². The Labute approximate surface area is 149 Å². The summed E-state index contributed by atoms with van der Waals surface area (Å²) in [6.07, 6.45) is -0.329. The number of hydrogen-bond acceptors (Lipinski definition) is 7. The van der Waals surface area contributed by atoms with Gasteiger partial charge in [-0.3, -0.25) is 4.79 Å². The fourth-order valence-corrected chi connectivity index (χ4v) is 2.36. The minimum Gasteiger partial charge on any atom is -0.486 e. The first kappa shape index (κ1) is 17.5. The van der Waals surface area contributed by atoms with Crippen molar-refractivity contribution in [2.45, 2.75) is 13.0 Å². The second-order valence-corrected chi connectivity index (χ2v) is 5.62. The van der Waals surface area contributed by atoms with Crippen molar-refractivity contribution in [2.24, 2.45) is 0 Å². The molecule has 1 aliphatic rings. The van der Waals surface area contributed by atoms with Crippen LogP contribution in [0, 0.1) is 17.0 Å². The van der Waals surface area contributed by atoms with Crippen molar-refractivity contribution >= 4 is 11.7 Å². The van der Waals surface area contributed by atoms with E-state index < -0.39 is 16.6 Å². The van der Waals surface area contributed by atoms with Crippen LogP contribution in [0.3, 0.4) is 0 Å². The van der Waals surface area contributed by atoms with Gasteiger partial charge in [0.05, 0.1) is 6.54 Å². The predicted octanol–water partition coefficient (Wildman–Crippen LogP) is 1.63. The fraction of sp³-hybridized carbons (Fsp3) is 0.294. The maximum absolute atomic E-state index is 11.9. The van der Waals surface area contributed by atoms with Crippen molar-refractivity contribution in [1.82, 2.24) is 10.3 Å². The van der Waals surface area contributed by atoms with E-state index in [0.29, 0.717) is 23.8 Å². The summed E-state index contributed by atoms with van der Waals surface area (Å²) in [7, 11) is 0. The highest BCUT2D eigenvalue weighted by atomic mass is 16.6. The molecule has 3 rings (SSSR count). The van der Waals surface area contributed by atoms with Crippen LogP contribution < -0.4 is 19.5 Å². The Kier molecular flexibility index (Phi) is 5.16. The van der Waals surface area contributed by atoms with E-state index in [2.05, 4.69) is 10.3 Å². The van der Waals surface area contributed by atoms with E-state index in [9.17, 15) is 14.9 Å². The van der Waals surface area contributed by atoms with Crippen molar-refractivity contribution in [3.05, 3.63) is 52.2 Å². The van der Waals surface area contributed by atoms with Crippen molar-refractivity contribution in [1.29, 1.82) is 0 Å². The van der Waals surface area contributed by atoms with Gasteiger partial charge in [0.15, 0.2) is 18.1 Å². The van der Waals surface area contributed by atoms with Crippen LogP contribution in [-0.4, -0.2) is 41.7 Å². The number of nitrogens with zero attached hydrogens (tertiary/aromatic N) is 2. The van der Waals surface area contributed by atoms with Crippen LogP contribution in [0.5, 0.6) is 17.2 Å². The molecule has 1 unspecified atom stereocenters. The monoisotopic (exact) mass is 359 g/mol. The molecule has 0 spiro atoms. The zero-order valence-electron chi connectivity index (χ0n) is 14.0. The lowest BCUT2D eigenvalue weighted by molar-refractivity contribution is -0.390. The molecule has 0 aliphatic carbocycles. The Morgan fingerprint density at radius 2 is 2.12 bits per heavy atom. The minimum atomic E-state index is -0.648. The first-order chi connectivity index (χ1) is 12.5. The molecule has 1 aromatic carbocycles. The number of carbonyl (C=O) groups excluding carboxylic acids is 1. The normalized spacial score (nSPS) is 15.2. The number of ether oxygens (including phenoxy) is 3. The molecule has 1 N–H and O–H groups in total. The predicted molar refractivity (Wildman–Crippen MR) is 90.5 cm³/mol. The molecule has 9 nitrogen and oxygen atoms in total. The van der Waals surface area contributed by atoms with Crippen LogP contribution in [0.15, 0.2) is 36.4 Å². The number of para-hydroxylation sites is 2. The Morgan fingerprint density at radius 3 is 2.88 bits per heavy atom. The Balaban J connectivity index is 1.49. The number of hydrogen-bond donors (Lipinski definition) is 1. The number of amides is 1. The number of carbonyl (C=O) groups is 1. The van der Waals surface area contributed by atoms with Gasteiger partial charge >= 0.3 is 5.82 Å². The van der Waals surface area contributed by atoms with Crippen molar-refractivity contribution in [3.8, 4) is 17.2 Å². The highest BCUT2D eigenvalue weighted by molar-refractivity contribution is 5.77. The highest BCUT2D eigenvalue weighted by Gasteiger charge is 2.22. The van der Waals surface area contributed by atoms with E-state index in [-0.39, 0.29) is 25.0 Å². The maximum atomic E-state index is 11.9. The standard InChI is InChI=1S/C17H17N3O6/c1-11-6-7-15(17(19-11)20(22)23)25-10-16(21)18-8-12-9-24-13-4-2-3-5-14(13)26-12/h2-7,12H,8-10H2,1H3,(H,18,21). The summed E-state index contributed by atoms with van der Waals surface area (Å²) in [4.78, 5) is 26.1. The van der Waals surface area contributed by atoms with Gasteiger partial charge in [0.2, 0.25) is 5.75 Å². The molecule has 1 amide bonds. The van der Waals surface area contributed by atoms with Gasteiger partial charge in [0.1, 0.15) is 18.4 Å². The van der Waals surface area contributed by atoms with Gasteiger partial charge in [0, 0.05) is 6.92 Å². The van der Waals surface area contributed by atoms with Crippen molar-refractivity contribution in [3.63, 3.8) is 0 Å². The molecule has 26 heavy (non-hydrogen) atoms. The number of aryl methyl sites for hydroxylation is 1. The number of rotatable bonds is 6. The first-order valence-corrected chi connectivity index (χ1v) is 7.93. The van der Waals surface area contributed by atoms with Gasteiger partial charge in [-0.15, -0.1) is 0 Å². The summed E-state index contributed by atoms with van der Waals surface area (Å²) in [5.41, 5.74) is 0.489. The van der Waals surface area contributed by atoms with Crippen LogP contribution in [0.2, 0.25) is 0 Å². The van der Waals surface area contributed by atoms with Crippen molar-refractivity contribution < 1.29 is 23.9 Å². The molecule has 1 aromatic heterocycles. The first-order valence-electron chi connectivity index (χ1n) is 7.93. The molecular formula is C17H17N3O6. The number of nitrogens with one attached hydrogen (secondary N) is 1. The molecule has 0 saturated carbocycles. The van der Waals surface area contributed by atoms with E-state index >= 15 is 0 Å². The lowest BCUT2D eigenvalue weighted by Gasteiger charge is -2.26. The van der Waals surface area contributed by atoms with Gasteiger partial charge in [-0.25, -0.2) is 0 Å². The molecule has 0 bridgehead atoms. The Bertz CT molecular complexity index is 826.